The summed E-state index contributed by atoms with van der Waals surface area (Å²) in [4.78, 5) is 43.2. The number of amides is 1. The summed E-state index contributed by atoms with van der Waals surface area (Å²) in [6.07, 6.45) is 13.5. The van der Waals surface area contributed by atoms with E-state index in [0.717, 1.165) is 73.2 Å². The van der Waals surface area contributed by atoms with Gasteiger partial charge in [-0.15, -0.1) is 5.10 Å². The molecule has 4 aromatic carbocycles. The Bertz CT molecular complexity index is 4200. The standard InChI is InChI=1S/C61H59F2N17O/c1-34-12-13-64-29-47(34)36-9-11-53-46(24-36)57(59-72-52-33-67-31-49(55(52)74-59)37-18-40(62)25-42(20-37)68-14-16-78(5)6)77-80(53)79(7)17-15-69-43-21-38(19-41(63)26-43)48-30-66-32-51-54(48)73-58(71-51)56-45-23-35(8-10-50(45)75-76-56)39-22-44(28-65-27-39)70-60(81)61(2,3)4/h8-13,18-33,58,68-69,71,73H,14-17H2,1-7H3,(H,70,81)(H,72,74)(H,75,76). The molecule has 11 aromatic rings. The zero-order chi connectivity index (χ0) is 56.1. The molecule has 0 saturated heterocycles. The maximum atomic E-state index is 15.7. The van der Waals surface area contributed by atoms with Crippen molar-refractivity contribution in [2.45, 2.75) is 33.9 Å². The molecule has 0 fully saturated rings. The van der Waals surface area contributed by atoms with Gasteiger partial charge in [0.25, 0.3) is 0 Å². The van der Waals surface area contributed by atoms with E-state index < -0.39 is 17.4 Å². The minimum absolute atomic E-state index is 0.101. The molecule has 0 bridgehead atoms. The number of aromatic amines is 2. The molecule has 0 spiro atoms. The van der Waals surface area contributed by atoms with Crippen LogP contribution in [0.2, 0.25) is 0 Å². The minimum atomic E-state index is -0.560. The minimum Gasteiger partial charge on any atom is -0.384 e. The van der Waals surface area contributed by atoms with Gasteiger partial charge in [0.05, 0.1) is 70.0 Å². The number of carbonyl (C=O) groups is 1. The van der Waals surface area contributed by atoms with Crippen LogP contribution in [0, 0.1) is 24.0 Å². The van der Waals surface area contributed by atoms with Gasteiger partial charge in [0, 0.05) is 107 Å². The number of anilines is 5. The Morgan fingerprint density at radius 2 is 1.37 bits per heavy atom. The maximum Gasteiger partial charge on any atom is 0.229 e. The van der Waals surface area contributed by atoms with Crippen molar-refractivity contribution < 1.29 is 13.6 Å². The molecule has 1 amide bonds. The van der Waals surface area contributed by atoms with Crippen molar-refractivity contribution in [2.75, 3.05) is 78.9 Å². The molecular formula is C61H59F2N17O. The number of rotatable bonds is 16. The van der Waals surface area contributed by atoms with Crippen molar-refractivity contribution >= 4 is 67.2 Å². The van der Waals surface area contributed by atoms with Crippen molar-refractivity contribution in [3.05, 3.63) is 157 Å². The van der Waals surface area contributed by atoms with Gasteiger partial charge in [-0.1, -0.05) is 32.9 Å². The predicted molar refractivity (Wildman–Crippen MR) is 318 cm³/mol. The van der Waals surface area contributed by atoms with Gasteiger partial charge in [0.2, 0.25) is 5.91 Å². The number of H-pyrrole nitrogens is 2. The zero-order valence-electron chi connectivity index (χ0n) is 45.7. The maximum absolute atomic E-state index is 15.7. The van der Waals surface area contributed by atoms with E-state index in [4.69, 9.17) is 10.1 Å². The number of halogens is 2. The van der Waals surface area contributed by atoms with Gasteiger partial charge in [-0.2, -0.15) is 9.89 Å². The molecule has 20 heteroatoms. The van der Waals surface area contributed by atoms with E-state index in [-0.39, 0.29) is 11.7 Å². The molecule has 81 heavy (non-hydrogen) atoms. The first-order valence-electron chi connectivity index (χ1n) is 26.6. The summed E-state index contributed by atoms with van der Waals surface area (Å²) in [5.74, 6) is -0.359. The first kappa shape index (κ1) is 51.9. The van der Waals surface area contributed by atoms with Crippen LogP contribution in [-0.2, 0) is 4.79 Å². The number of nitrogens with zero attached hydrogens (tertiary/aromatic N) is 10. The molecule has 0 radical (unpaired) electrons. The highest BCUT2D eigenvalue weighted by atomic mass is 19.1. The molecule has 0 aliphatic carbocycles. The molecule has 8 heterocycles. The van der Waals surface area contributed by atoms with Crippen LogP contribution in [0.25, 0.3) is 88.9 Å². The topological polar surface area (TPSA) is 210 Å². The summed E-state index contributed by atoms with van der Waals surface area (Å²) < 4.78 is 30.9. The summed E-state index contributed by atoms with van der Waals surface area (Å²) >= 11 is 0. The van der Waals surface area contributed by atoms with Crippen molar-refractivity contribution in [2.24, 2.45) is 5.41 Å². The fourth-order valence-corrected chi connectivity index (χ4v) is 10.1. The molecule has 12 rings (SSSR count). The molecule has 1 unspecified atom stereocenters. The number of nitrogens with one attached hydrogen (secondary N) is 7. The number of aryl methyl sites for hydroxylation is 1. The van der Waals surface area contributed by atoms with E-state index in [1.807, 2.05) is 100 Å². The fraction of sp³-hybridized carbons (Fsp3) is 0.213. The van der Waals surface area contributed by atoms with E-state index in [0.29, 0.717) is 81.5 Å². The Labute approximate surface area is 465 Å². The Morgan fingerprint density at radius 1 is 0.679 bits per heavy atom. The molecule has 0 saturated carbocycles. The second kappa shape index (κ2) is 21.1. The number of likely N-dealkylation sites (N-methyl/N-ethyl adjacent to an activating group) is 2. The number of imidazole rings is 1. The predicted octanol–water partition coefficient (Wildman–Crippen LogP) is 11.5. The normalized spacial score (nSPS) is 13.2. The molecule has 1 atom stereocenters. The Hall–Kier alpha value is -9.82. The Balaban J connectivity index is 0.791. The van der Waals surface area contributed by atoms with E-state index in [1.165, 1.54) is 24.3 Å². The fourth-order valence-electron chi connectivity index (χ4n) is 10.1. The van der Waals surface area contributed by atoms with Gasteiger partial charge in [0.15, 0.2) is 5.82 Å². The molecule has 1 aliphatic rings. The summed E-state index contributed by atoms with van der Waals surface area (Å²) in [7, 11) is 5.94. The summed E-state index contributed by atoms with van der Waals surface area (Å²) in [6, 6.07) is 25.9. The number of benzene rings is 4. The number of aromatic nitrogens is 10. The lowest BCUT2D eigenvalue weighted by Crippen LogP contribution is -2.35. The van der Waals surface area contributed by atoms with Crippen LogP contribution in [0.4, 0.5) is 37.2 Å². The van der Waals surface area contributed by atoms with Gasteiger partial charge in [0.1, 0.15) is 23.5 Å². The number of carbonyl (C=O) groups excluding carboxylic acids is 1. The molecule has 7 N–H and O–H groups in total. The third kappa shape index (κ3) is 10.5. The molecule has 1 aliphatic heterocycles. The molecule has 18 nitrogen and oxygen atoms in total. The average molecular weight is 1080 g/mol. The third-order valence-electron chi connectivity index (χ3n) is 14.4. The van der Waals surface area contributed by atoms with Crippen LogP contribution in [-0.4, -0.2) is 108 Å². The Morgan fingerprint density at radius 3 is 2.14 bits per heavy atom. The van der Waals surface area contributed by atoms with Gasteiger partial charge >= 0.3 is 0 Å². The molecular weight excluding hydrogens is 1020 g/mol. The lowest BCUT2D eigenvalue weighted by atomic mass is 9.95. The van der Waals surface area contributed by atoms with Gasteiger partial charge in [-0.25, -0.2) is 13.8 Å². The third-order valence-corrected chi connectivity index (χ3v) is 14.4. The van der Waals surface area contributed by atoms with Gasteiger partial charge in [-0.05, 0) is 122 Å². The summed E-state index contributed by atoms with van der Waals surface area (Å²) in [6.45, 7) is 9.99. The van der Waals surface area contributed by atoms with E-state index in [1.54, 1.807) is 43.4 Å². The second-order valence-electron chi connectivity index (χ2n) is 21.7. The average Bonchev–Trinajstić information content (AvgIpc) is 4.42. The van der Waals surface area contributed by atoms with E-state index in [2.05, 4.69) is 91.7 Å². The molecule has 7 aromatic heterocycles. The summed E-state index contributed by atoms with van der Waals surface area (Å²) in [5, 5.41) is 33.7. The molecule has 408 valence electrons. The van der Waals surface area contributed by atoms with Crippen LogP contribution in [0.15, 0.2) is 135 Å². The lowest BCUT2D eigenvalue weighted by molar-refractivity contribution is -0.123. The van der Waals surface area contributed by atoms with Crippen LogP contribution < -0.4 is 31.6 Å². The van der Waals surface area contributed by atoms with Crippen molar-refractivity contribution in [3.63, 3.8) is 0 Å². The van der Waals surface area contributed by atoms with Crippen molar-refractivity contribution in [1.82, 2.24) is 54.9 Å². The largest absolute Gasteiger partial charge is 0.384 e. The second-order valence-corrected chi connectivity index (χ2v) is 21.7. The van der Waals surface area contributed by atoms with Crippen LogP contribution >= 0.6 is 0 Å². The quantitative estimate of drug-likeness (QED) is 0.0480. The van der Waals surface area contributed by atoms with Crippen LogP contribution in [0.1, 0.15) is 38.2 Å². The Kier molecular flexibility index (Phi) is 13.5. The zero-order valence-corrected chi connectivity index (χ0v) is 45.7. The number of hydrogen-bond acceptors (Lipinski definition) is 14. The monoisotopic (exact) mass is 1080 g/mol. The van der Waals surface area contributed by atoms with E-state index in [9.17, 15) is 4.79 Å². The van der Waals surface area contributed by atoms with Crippen LogP contribution in [0.5, 0.6) is 0 Å². The first-order chi connectivity index (χ1) is 39.1. The number of fused-ring (bicyclic) bond motifs is 4. The van der Waals surface area contributed by atoms with E-state index >= 15 is 8.78 Å². The lowest BCUT2D eigenvalue weighted by Gasteiger charge is -2.21. The van der Waals surface area contributed by atoms with Gasteiger partial charge in [-0.3, -0.25) is 34.8 Å². The summed E-state index contributed by atoms with van der Waals surface area (Å²) in [5.41, 5.74) is 14.6. The van der Waals surface area contributed by atoms with Crippen molar-refractivity contribution in [3.8, 4) is 56.0 Å². The number of pyridine rings is 4. The van der Waals surface area contributed by atoms with Crippen molar-refractivity contribution in [1.29, 1.82) is 0 Å². The highest BCUT2D eigenvalue weighted by molar-refractivity contribution is 6.00. The highest BCUT2D eigenvalue weighted by Crippen LogP contribution is 2.44. The smallest absolute Gasteiger partial charge is 0.229 e. The highest BCUT2D eigenvalue weighted by Gasteiger charge is 2.29. The first-order valence-corrected chi connectivity index (χ1v) is 26.6. The van der Waals surface area contributed by atoms with Gasteiger partial charge < -0.3 is 36.5 Å². The SMILES string of the molecule is Cc1ccncc1-c1ccc2c(c1)c(-c1nc3c(-c4cc(F)cc(NCCN(C)C)c4)cncc3[nH]1)nn2N(C)CCNc1cc(F)cc(-c2cncc3c2NC(c2[nH]nc4ccc(-c5cncc(NC(=O)C(C)(C)C)c5)cc24)N3)c1. The van der Waals surface area contributed by atoms with Crippen LogP contribution in [0.3, 0.4) is 0 Å². The number of hydrogen-bond donors (Lipinski definition) is 7.